The molecule has 0 saturated carbocycles. The first-order valence-electron chi connectivity index (χ1n) is 5.56. The van der Waals surface area contributed by atoms with E-state index in [9.17, 15) is 24.3 Å². The van der Waals surface area contributed by atoms with E-state index in [-0.39, 0.29) is 11.4 Å². The van der Waals surface area contributed by atoms with Crippen LogP contribution in [-0.2, 0) is 19.2 Å². The summed E-state index contributed by atoms with van der Waals surface area (Å²) in [5.41, 5.74) is 0.624. The van der Waals surface area contributed by atoms with Crippen LogP contribution in [0.15, 0.2) is 18.2 Å². The number of carbonyl (C=O) groups excluding carboxylic acids is 4. The molecular formula is C13H11NO5. The van der Waals surface area contributed by atoms with E-state index in [1.807, 2.05) is 0 Å². The minimum Gasteiger partial charge on any atom is -0.506 e. The van der Waals surface area contributed by atoms with Gasteiger partial charge in [-0.1, -0.05) is 6.07 Å². The number of nitrogens with zero attached hydrogens (tertiary/aromatic N) is 1. The van der Waals surface area contributed by atoms with Gasteiger partial charge >= 0.3 is 5.91 Å². The van der Waals surface area contributed by atoms with Crippen LogP contribution in [0.25, 0.3) is 0 Å². The number of Topliss-reactive ketones (excluding diaryl/α,β-unsaturated/α-hetero) is 2. The van der Waals surface area contributed by atoms with E-state index >= 15 is 0 Å². The molecule has 19 heavy (non-hydrogen) atoms. The number of hydrogen-bond donors (Lipinski definition) is 1. The number of anilines is 1. The lowest BCUT2D eigenvalue weighted by atomic mass is 10.0. The van der Waals surface area contributed by atoms with E-state index in [1.54, 1.807) is 13.0 Å². The van der Waals surface area contributed by atoms with Crippen molar-refractivity contribution in [3.05, 3.63) is 23.8 Å². The average molecular weight is 261 g/mol. The second-order valence-corrected chi connectivity index (χ2v) is 4.38. The lowest BCUT2D eigenvalue weighted by molar-refractivity contribution is -0.139. The molecule has 2 rings (SSSR count). The van der Waals surface area contributed by atoms with Gasteiger partial charge in [0.15, 0.2) is 5.92 Å². The second kappa shape index (κ2) is 4.31. The molecule has 6 nitrogen and oxygen atoms in total. The molecule has 1 N–H and O–H groups in total. The van der Waals surface area contributed by atoms with E-state index in [4.69, 9.17) is 0 Å². The van der Waals surface area contributed by atoms with E-state index in [1.165, 1.54) is 12.1 Å². The minimum atomic E-state index is -1.59. The third kappa shape index (κ3) is 1.91. The highest BCUT2D eigenvalue weighted by Gasteiger charge is 2.50. The van der Waals surface area contributed by atoms with Gasteiger partial charge in [-0.15, -0.1) is 0 Å². The predicted molar refractivity (Wildman–Crippen MR) is 64.5 cm³/mol. The van der Waals surface area contributed by atoms with Crippen LogP contribution in [0, 0.1) is 12.8 Å². The number of phenolic OH excluding ortho intramolecular Hbond substituents is 1. The average Bonchev–Trinajstić information content (AvgIpc) is 2.54. The number of aromatic hydroxyl groups is 1. The molecule has 1 fully saturated rings. The van der Waals surface area contributed by atoms with Gasteiger partial charge in [0.2, 0.25) is 5.78 Å². The highest BCUT2D eigenvalue weighted by molar-refractivity contribution is 6.59. The molecule has 0 radical (unpaired) electrons. The summed E-state index contributed by atoms with van der Waals surface area (Å²) in [7, 11) is 0. The Morgan fingerprint density at radius 2 is 1.89 bits per heavy atom. The van der Waals surface area contributed by atoms with Crippen molar-refractivity contribution in [1.29, 1.82) is 0 Å². The van der Waals surface area contributed by atoms with E-state index in [0.29, 0.717) is 10.5 Å². The van der Waals surface area contributed by atoms with Crippen LogP contribution >= 0.6 is 0 Å². The quantitative estimate of drug-likeness (QED) is 0.471. The van der Waals surface area contributed by atoms with Crippen LogP contribution in [0.5, 0.6) is 5.75 Å². The number of imide groups is 1. The van der Waals surface area contributed by atoms with Crippen molar-refractivity contribution in [2.45, 2.75) is 13.8 Å². The van der Waals surface area contributed by atoms with Crippen molar-refractivity contribution in [2.24, 2.45) is 5.92 Å². The number of hydrogen-bond acceptors (Lipinski definition) is 5. The van der Waals surface area contributed by atoms with Crippen LogP contribution in [0.4, 0.5) is 5.69 Å². The standard InChI is InChI=1S/C13H11NO5/c1-6-3-4-9(16)8(5-6)14-12(18)10(7(2)15)11(17)13(14)19/h3-5,10,16H,1-2H3/t10-/m1/s1. The molecule has 0 aliphatic carbocycles. The minimum absolute atomic E-state index is 0.0768. The molecule has 1 aromatic rings. The Morgan fingerprint density at radius 1 is 1.26 bits per heavy atom. The summed E-state index contributed by atoms with van der Waals surface area (Å²) >= 11 is 0. The highest BCUT2D eigenvalue weighted by atomic mass is 16.3. The van der Waals surface area contributed by atoms with Crippen LogP contribution in [0.2, 0.25) is 0 Å². The van der Waals surface area contributed by atoms with Crippen molar-refractivity contribution in [2.75, 3.05) is 4.90 Å². The smallest absolute Gasteiger partial charge is 0.302 e. The van der Waals surface area contributed by atoms with Gasteiger partial charge in [-0.2, -0.15) is 0 Å². The summed E-state index contributed by atoms with van der Waals surface area (Å²) in [4.78, 5) is 47.2. The molecule has 1 saturated heterocycles. The van der Waals surface area contributed by atoms with Crippen LogP contribution in [0.3, 0.4) is 0 Å². The Kier molecular flexibility index (Phi) is 2.94. The molecule has 2 amide bonds. The van der Waals surface area contributed by atoms with E-state index < -0.39 is 29.3 Å². The SMILES string of the molecule is CC(=O)[C@@H]1C(=O)C(=O)N(c2cc(C)ccc2O)C1=O. The number of rotatable bonds is 2. The molecule has 0 spiro atoms. The maximum atomic E-state index is 12.0. The number of phenols is 1. The molecule has 6 heteroatoms. The van der Waals surface area contributed by atoms with Crippen molar-refractivity contribution in [3.8, 4) is 5.75 Å². The summed E-state index contributed by atoms with van der Waals surface area (Å²) < 4.78 is 0. The van der Waals surface area contributed by atoms with Gasteiger partial charge in [-0.05, 0) is 31.5 Å². The van der Waals surface area contributed by atoms with Gasteiger partial charge in [0, 0.05) is 0 Å². The lowest BCUT2D eigenvalue weighted by Crippen LogP contribution is -2.32. The first kappa shape index (κ1) is 12.9. The number of benzene rings is 1. The Morgan fingerprint density at radius 3 is 2.42 bits per heavy atom. The normalized spacial score (nSPS) is 19.2. The Labute approximate surface area is 108 Å². The van der Waals surface area contributed by atoms with Crippen molar-refractivity contribution in [3.63, 3.8) is 0 Å². The summed E-state index contributed by atoms with van der Waals surface area (Å²) in [6, 6.07) is 4.31. The second-order valence-electron chi connectivity index (χ2n) is 4.38. The van der Waals surface area contributed by atoms with E-state index in [2.05, 4.69) is 0 Å². The molecule has 1 heterocycles. The largest absolute Gasteiger partial charge is 0.506 e. The maximum Gasteiger partial charge on any atom is 0.302 e. The topological polar surface area (TPSA) is 91.8 Å². The number of amides is 2. The van der Waals surface area contributed by atoms with Gasteiger partial charge in [0.25, 0.3) is 5.91 Å². The molecule has 1 aromatic carbocycles. The molecule has 1 atom stereocenters. The van der Waals surface area contributed by atoms with Crippen molar-refractivity contribution < 1.29 is 24.3 Å². The molecular weight excluding hydrogens is 250 g/mol. The van der Waals surface area contributed by atoms with Crippen LogP contribution in [-0.4, -0.2) is 28.5 Å². The van der Waals surface area contributed by atoms with Gasteiger partial charge in [-0.3, -0.25) is 19.2 Å². The van der Waals surface area contributed by atoms with Gasteiger partial charge in [0.1, 0.15) is 11.5 Å². The fraction of sp³-hybridized carbons (Fsp3) is 0.231. The van der Waals surface area contributed by atoms with Gasteiger partial charge in [-0.25, -0.2) is 4.90 Å². The third-order valence-corrected chi connectivity index (χ3v) is 2.92. The third-order valence-electron chi connectivity index (χ3n) is 2.92. The fourth-order valence-electron chi connectivity index (χ4n) is 1.97. The van der Waals surface area contributed by atoms with Gasteiger partial charge in [0.05, 0.1) is 5.69 Å². The van der Waals surface area contributed by atoms with Crippen molar-refractivity contribution >= 4 is 29.1 Å². The summed E-state index contributed by atoms with van der Waals surface area (Å²) in [6.07, 6.45) is 0. The number of aryl methyl sites for hydroxylation is 1. The van der Waals surface area contributed by atoms with Crippen molar-refractivity contribution in [1.82, 2.24) is 0 Å². The summed E-state index contributed by atoms with van der Waals surface area (Å²) in [6.45, 7) is 2.78. The molecule has 1 aliphatic heterocycles. The summed E-state index contributed by atoms with van der Waals surface area (Å²) in [5.74, 6) is -5.64. The zero-order chi connectivity index (χ0) is 14.3. The first-order chi connectivity index (χ1) is 8.84. The highest BCUT2D eigenvalue weighted by Crippen LogP contribution is 2.32. The Hall–Kier alpha value is -2.50. The summed E-state index contributed by atoms with van der Waals surface area (Å²) in [5, 5.41) is 9.70. The lowest BCUT2D eigenvalue weighted by Gasteiger charge is -2.15. The number of carbonyl (C=O) groups is 4. The zero-order valence-corrected chi connectivity index (χ0v) is 10.3. The Bertz CT molecular complexity index is 619. The number of ketones is 2. The maximum absolute atomic E-state index is 12.0. The van der Waals surface area contributed by atoms with Crippen LogP contribution in [0.1, 0.15) is 12.5 Å². The van der Waals surface area contributed by atoms with E-state index in [0.717, 1.165) is 6.92 Å². The molecule has 0 bridgehead atoms. The van der Waals surface area contributed by atoms with Gasteiger partial charge < -0.3 is 5.11 Å². The monoisotopic (exact) mass is 261 g/mol. The predicted octanol–water partition coefficient (Wildman–Crippen LogP) is 0.348. The molecule has 98 valence electrons. The zero-order valence-electron chi connectivity index (χ0n) is 10.3. The molecule has 1 aliphatic rings. The fourth-order valence-corrected chi connectivity index (χ4v) is 1.97. The first-order valence-corrected chi connectivity index (χ1v) is 5.56. The molecule has 0 unspecified atom stereocenters. The Balaban J connectivity index is 2.54. The molecule has 0 aromatic heterocycles. The van der Waals surface area contributed by atoms with Crippen LogP contribution < -0.4 is 4.90 Å².